The molecule has 0 aliphatic carbocycles. The highest BCUT2D eigenvalue weighted by molar-refractivity contribution is 5.78. The van der Waals surface area contributed by atoms with Gasteiger partial charge < -0.3 is 14.5 Å². The van der Waals surface area contributed by atoms with Crippen LogP contribution in [0.2, 0.25) is 0 Å². The van der Waals surface area contributed by atoms with Crippen LogP contribution in [-0.2, 0) is 4.79 Å². The first-order chi connectivity index (χ1) is 12.7. The lowest BCUT2D eigenvalue weighted by molar-refractivity contribution is -0.133. The molecule has 0 bridgehead atoms. The summed E-state index contributed by atoms with van der Waals surface area (Å²) in [6.07, 6.45) is 6.86. The van der Waals surface area contributed by atoms with Crippen LogP contribution < -0.4 is 9.64 Å². The number of hydrogen-bond acceptors (Lipinski definition) is 7. The number of carbonyl (C=O) groups excluding carboxylic acids is 1. The fourth-order valence-electron chi connectivity index (χ4n) is 2.99. The van der Waals surface area contributed by atoms with Gasteiger partial charge in [-0.2, -0.15) is 0 Å². The predicted octanol–water partition coefficient (Wildman–Crippen LogP) is 0.555. The lowest BCUT2D eigenvalue weighted by Gasteiger charge is -2.35. The highest BCUT2D eigenvalue weighted by Gasteiger charge is 2.24. The Labute approximate surface area is 150 Å². The van der Waals surface area contributed by atoms with Crippen LogP contribution in [-0.4, -0.2) is 68.2 Å². The number of rotatable bonds is 4. The van der Waals surface area contributed by atoms with E-state index in [1.54, 1.807) is 30.7 Å². The molecule has 9 nitrogen and oxygen atoms in total. The second-order valence-corrected chi connectivity index (χ2v) is 6.04. The van der Waals surface area contributed by atoms with Crippen LogP contribution in [0.3, 0.4) is 0 Å². The molecule has 0 aromatic carbocycles. The summed E-state index contributed by atoms with van der Waals surface area (Å²) < 4.78 is 7.41. The van der Waals surface area contributed by atoms with E-state index in [0.717, 1.165) is 17.3 Å². The second-order valence-electron chi connectivity index (χ2n) is 6.04. The number of amides is 1. The quantitative estimate of drug-likeness (QED) is 0.677. The summed E-state index contributed by atoms with van der Waals surface area (Å²) in [5.41, 5.74) is 0.740. The van der Waals surface area contributed by atoms with E-state index in [0.29, 0.717) is 31.9 Å². The molecule has 0 atom stereocenters. The fraction of sp³-hybridized carbons (Fsp3) is 0.353. The van der Waals surface area contributed by atoms with Crippen molar-refractivity contribution in [1.29, 1.82) is 0 Å². The fourth-order valence-corrected chi connectivity index (χ4v) is 2.99. The number of piperazine rings is 1. The Morgan fingerprint density at radius 3 is 2.81 bits per heavy atom. The molecular weight excluding hydrogens is 334 g/mol. The first-order valence-corrected chi connectivity index (χ1v) is 8.44. The van der Waals surface area contributed by atoms with Crippen molar-refractivity contribution in [3.05, 3.63) is 42.7 Å². The van der Waals surface area contributed by atoms with Crippen LogP contribution in [0.1, 0.15) is 5.82 Å². The van der Waals surface area contributed by atoms with E-state index >= 15 is 0 Å². The Bertz CT molecular complexity index is 904. The van der Waals surface area contributed by atoms with Crippen molar-refractivity contribution in [3.8, 4) is 5.75 Å². The molecular formula is C17H19N7O2. The Balaban J connectivity index is 1.37. The minimum absolute atomic E-state index is 0.0168. The number of aromatic nitrogens is 5. The highest BCUT2D eigenvalue weighted by atomic mass is 16.5. The maximum Gasteiger partial charge on any atom is 0.260 e. The van der Waals surface area contributed by atoms with Crippen molar-refractivity contribution >= 4 is 17.4 Å². The van der Waals surface area contributed by atoms with E-state index in [-0.39, 0.29) is 12.5 Å². The summed E-state index contributed by atoms with van der Waals surface area (Å²) >= 11 is 0. The van der Waals surface area contributed by atoms with Crippen LogP contribution in [0.4, 0.5) is 5.82 Å². The Hall–Kier alpha value is -3.23. The van der Waals surface area contributed by atoms with E-state index in [9.17, 15) is 4.79 Å². The summed E-state index contributed by atoms with van der Waals surface area (Å²) in [6, 6.07) is 3.56. The van der Waals surface area contributed by atoms with Gasteiger partial charge in [0.25, 0.3) is 5.91 Å². The van der Waals surface area contributed by atoms with Crippen molar-refractivity contribution in [2.45, 2.75) is 6.92 Å². The molecule has 9 heteroatoms. The normalized spacial score (nSPS) is 14.7. The molecule has 0 saturated carbocycles. The third kappa shape index (κ3) is 3.15. The molecule has 3 aromatic rings. The molecule has 1 fully saturated rings. The zero-order chi connectivity index (χ0) is 17.9. The zero-order valence-electron chi connectivity index (χ0n) is 14.4. The molecule has 1 saturated heterocycles. The van der Waals surface area contributed by atoms with Gasteiger partial charge in [-0.15, -0.1) is 10.2 Å². The Morgan fingerprint density at radius 1 is 1.19 bits per heavy atom. The van der Waals surface area contributed by atoms with Gasteiger partial charge in [-0.25, -0.2) is 4.98 Å². The van der Waals surface area contributed by atoms with E-state index in [1.165, 1.54) is 0 Å². The first kappa shape index (κ1) is 16.2. The van der Waals surface area contributed by atoms with Crippen LogP contribution in [0.15, 0.2) is 36.9 Å². The molecule has 4 rings (SSSR count). The molecule has 0 N–H and O–H groups in total. The van der Waals surface area contributed by atoms with Gasteiger partial charge in [-0.3, -0.25) is 14.2 Å². The van der Waals surface area contributed by atoms with Gasteiger partial charge in [0.2, 0.25) is 5.65 Å². The van der Waals surface area contributed by atoms with Crippen molar-refractivity contribution in [3.63, 3.8) is 0 Å². The lowest BCUT2D eigenvalue weighted by atomic mass is 10.3. The van der Waals surface area contributed by atoms with Gasteiger partial charge in [0.1, 0.15) is 11.6 Å². The maximum absolute atomic E-state index is 12.4. The second kappa shape index (κ2) is 6.95. The summed E-state index contributed by atoms with van der Waals surface area (Å²) in [7, 11) is 0. The number of nitrogens with zero attached hydrogens (tertiary/aromatic N) is 7. The summed E-state index contributed by atoms with van der Waals surface area (Å²) in [6.45, 7) is 4.54. The van der Waals surface area contributed by atoms with E-state index in [4.69, 9.17) is 4.74 Å². The van der Waals surface area contributed by atoms with Gasteiger partial charge in [0, 0.05) is 44.8 Å². The largest absolute Gasteiger partial charge is 0.482 e. The van der Waals surface area contributed by atoms with Crippen molar-refractivity contribution in [2.75, 3.05) is 37.7 Å². The molecule has 26 heavy (non-hydrogen) atoms. The monoisotopic (exact) mass is 353 g/mol. The number of ether oxygens (including phenoxy) is 1. The predicted molar refractivity (Wildman–Crippen MR) is 94.0 cm³/mol. The number of carbonyl (C=O) groups is 1. The number of anilines is 1. The van der Waals surface area contributed by atoms with Crippen molar-refractivity contribution in [2.24, 2.45) is 0 Å². The molecule has 1 aliphatic rings. The number of hydrogen-bond donors (Lipinski definition) is 0. The highest BCUT2D eigenvalue weighted by Crippen LogP contribution is 2.19. The average Bonchev–Trinajstić information content (AvgIpc) is 3.08. The van der Waals surface area contributed by atoms with Crippen LogP contribution >= 0.6 is 0 Å². The number of aryl methyl sites for hydroxylation is 1. The van der Waals surface area contributed by atoms with Gasteiger partial charge in [0.05, 0.1) is 6.20 Å². The first-order valence-electron chi connectivity index (χ1n) is 8.44. The molecule has 134 valence electrons. The number of pyridine rings is 1. The summed E-state index contributed by atoms with van der Waals surface area (Å²) in [5, 5.41) is 8.32. The molecule has 1 amide bonds. The summed E-state index contributed by atoms with van der Waals surface area (Å²) in [5.74, 6) is 2.19. The SMILES string of the molecule is Cc1nnc2c(N3CCN(C(=O)COc4cccnc4)CC3)nccn12. The number of fused-ring (bicyclic) bond motifs is 1. The minimum Gasteiger partial charge on any atom is -0.482 e. The Morgan fingerprint density at radius 2 is 2.04 bits per heavy atom. The van der Waals surface area contributed by atoms with Gasteiger partial charge in [0.15, 0.2) is 12.4 Å². The van der Waals surface area contributed by atoms with Crippen LogP contribution in [0, 0.1) is 6.92 Å². The molecule has 0 spiro atoms. The van der Waals surface area contributed by atoms with Crippen LogP contribution in [0.5, 0.6) is 5.75 Å². The van der Waals surface area contributed by atoms with Crippen LogP contribution in [0.25, 0.3) is 5.65 Å². The topological polar surface area (TPSA) is 88.8 Å². The molecule has 0 unspecified atom stereocenters. The van der Waals surface area contributed by atoms with Gasteiger partial charge >= 0.3 is 0 Å². The lowest BCUT2D eigenvalue weighted by Crippen LogP contribution is -2.50. The molecule has 4 heterocycles. The van der Waals surface area contributed by atoms with Gasteiger partial charge in [-0.1, -0.05) is 0 Å². The maximum atomic E-state index is 12.4. The van der Waals surface area contributed by atoms with Crippen molar-refractivity contribution < 1.29 is 9.53 Å². The van der Waals surface area contributed by atoms with Crippen molar-refractivity contribution in [1.82, 2.24) is 29.5 Å². The third-order valence-electron chi connectivity index (χ3n) is 4.41. The third-order valence-corrected chi connectivity index (χ3v) is 4.41. The smallest absolute Gasteiger partial charge is 0.260 e. The van der Waals surface area contributed by atoms with E-state index < -0.39 is 0 Å². The van der Waals surface area contributed by atoms with E-state index in [2.05, 4.69) is 25.1 Å². The standard InChI is InChI=1S/C17H19N7O2/c1-13-20-21-17-16(19-5-6-24(13)17)23-9-7-22(8-10-23)15(25)12-26-14-3-2-4-18-11-14/h2-6,11H,7-10,12H2,1H3. The Kier molecular flexibility index (Phi) is 4.34. The molecule has 1 aliphatic heterocycles. The minimum atomic E-state index is -0.0296. The molecule has 3 aromatic heterocycles. The average molecular weight is 353 g/mol. The summed E-state index contributed by atoms with van der Waals surface area (Å²) in [4.78, 5) is 24.7. The van der Waals surface area contributed by atoms with Gasteiger partial charge in [-0.05, 0) is 19.1 Å². The van der Waals surface area contributed by atoms with E-state index in [1.807, 2.05) is 22.4 Å². The zero-order valence-corrected chi connectivity index (χ0v) is 14.4. The molecule has 0 radical (unpaired) electrons.